The van der Waals surface area contributed by atoms with Crippen molar-refractivity contribution in [1.82, 2.24) is 14.7 Å². The Morgan fingerprint density at radius 2 is 2.11 bits per heavy atom. The smallest absolute Gasteiger partial charge is 0.275 e. The molecule has 102 valence electrons. The Balaban J connectivity index is 2.40. The molecule has 5 heteroatoms. The lowest BCUT2D eigenvalue weighted by Crippen LogP contribution is -2.36. The first-order chi connectivity index (χ1) is 9.19. The number of rotatable bonds is 5. The highest BCUT2D eigenvalue weighted by Crippen LogP contribution is 2.18. The van der Waals surface area contributed by atoms with Crippen LogP contribution in [0.2, 0.25) is 0 Å². The lowest BCUT2D eigenvalue weighted by Gasteiger charge is -2.20. The van der Waals surface area contributed by atoms with Crippen LogP contribution in [0.15, 0.2) is 24.3 Å². The van der Waals surface area contributed by atoms with Crippen molar-refractivity contribution >= 4 is 16.8 Å². The summed E-state index contributed by atoms with van der Waals surface area (Å²) in [4.78, 5) is 14.3. The highest BCUT2D eigenvalue weighted by Gasteiger charge is 2.20. The van der Waals surface area contributed by atoms with Crippen molar-refractivity contribution in [2.24, 2.45) is 12.8 Å². The fourth-order valence-electron chi connectivity index (χ4n) is 2.26. The van der Waals surface area contributed by atoms with E-state index in [-0.39, 0.29) is 5.91 Å². The Morgan fingerprint density at radius 3 is 2.79 bits per heavy atom. The molecule has 1 aromatic carbocycles. The molecule has 0 saturated heterocycles. The minimum absolute atomic E-state index is 0.0379. The van der Waals surface area contributed by atoms with Gasteiger partial charge in [0, 0.05) is 32.1 Å². The number of benzene rings is 1. The third-order valence-corrected chi connectivity index (χ3v) is 3.14. The molecule has 0 aliphatic rings. The van der Waals surface area contributed by atoms with E-state index in [0.29, 0.717) is 25.3 Å². The summed E-state index contributed by atoms with van der Waals surface area (Å²) >= 11 is 0. The number of fused-ring (bicyclic) bond motifs is 1. The quantitative estimate of drug-likeness (QED) is 0.883. The van der Waals surface area contributed by atoms with Crippen LogP contribution in [-0.4, -0.2) is 40.2 Å². The van der Waals surface area contributed by atoms with Gasteiger partial charge in [0.05, 0.1) is 5.52 Å². The summed E-state index contributed by atoms with van der Waals surface area (Å²) < 4.78 is 1.75. The van der Waals surface area contributed by atoms with E-state index in [4.69, 9.17) is 5.73 Å². The maximum atomic E-state index is 12.5. The van der Waals surface area contributed by atoms with Crippen molar-refractivity contribution in [1.29, 1.82) is 0 Å². The van der Waals surface area contributed by atoms with E-state index in [1.165, 1.54) is 0 Å². The Kier molecular flexibility index (Phi) is 4.16. The molecular formula is C14H20N4O. The average molecular weight is 260 g/mol. The van der Waals surface area contributed by atoms with Gasteiger partial charge in [-0.25, -0.2) is 0 Å². The standard InChI is InChI=1S/C14H20N4O/c1-3-9-18(10-8-15)14(19)13-11-6-4-5-7-12(11)17(2)16-13/h4-7H,3,8-10,15H2,1-2H3. The summed E-state index contributed by atoms with van der Waals surface area (Å²) in [6.07, 6.45) is 0.913. The van der Waals surface area contributed by atoms with Crippen molar-refractivity contribution in [3.05, 3.63) is 30.0 Å². The van der Waals surface area contributed by atoms with Gasteiger partial charge in [-0.05, 0) is 12.5 Å². The van der Waals surface area contributed by atoms with Gasteiger partial charge >= 0.3 is 0 Å². The normalized spacial score (nSPS) is 10.9. The van der Waals surface area contributed by atoms with Gasteiger partial charge in [0.1, 0.15) is 0 Å². The summed E-state index contributed by atoms with van der Waals surface area (Å²) in [7, 11) is 1.85. The van der Waals surface area contributed by atoms with Gasteiger partial charge in [-0.2, -0.15) is 5.10 Å². The van der Waals surface area contributed by atoms with E-state index in [2.05, 4.69) is 5.10 Å². The van der Waals surface area contributed by atoms with Crippen LogP contribution >= 0.6 is 0 Å². The molecule has 0 bridgehead atoms. The monoisotopic (exact) mass is 260 g/mol. The minimum Gasteiger partial charge on any atom is -0.336 e. The van der Waals surface area contributed by atoms with E-state index < -0.39 is 0 Å². The van der Waals surface area contributed by atoms with Crippen LogP contribution in [0.5, 0.6) is 0 Å². The van der Waals surface area contributed by atoms with Crippen LogP contribution in [0.1, 0.15) is 23.8 Å². The highest BCUT2D eigenvalue weighted by atomic mass is 16.2. The molecule has 19 heavy (non-hydrogen) atoms. The van der Waals surface area contributed by atoms with Crippen molar-refractivity contribution in [3.63, 3.8) is 0 Å². The fourth-order valence-corrected chi connectivity index (χ4v) is 2.26. The predicted molar refractivity (Wildman–Crippen MR) is 76.0 cm³/mol. The summed E-state index contributed by atoms with van der Waals surface area (Å²) in [5.74, 6) is -0.0379. The molecule has 0 fully saturated rings. The summed E-state index contributed by atoms with van der Waals surface area (Å²) in [5.41, 5.74) is 7.06. The molecule has 5 nitrogen and oxygen atoms in total. The van der Waals surface area contributed by atoms with Crippen LogP contribution < -0.4 is 5.73 Å². The lowest BCUT2D eigenvalue weighted by molar-refractivity contribution is 0.0755. The topological polar surface area (TPSA) is 64.2 Å². The summed E-state index contributed by atoms with van der Waals surface area (Å²) in [5, 5.41) is 5.26. The van der Waals surface area contributed by atoms with Gasteiger partial charge in [-0.15, -0.1) is 0 Å². The average Bonchev–Trinajstić information content (AvgIpc) is 2.76. The molecule has 2 rings (SSSR count). The number of nitrogens with two attached hydrogens (primary N) is 1. The van der Waals surface area contributed by atoms with Crippen molar-refractivity contribution in [3.8, 4) is 0 Å². The second-order valence-electron chi connectivity index (χ2n) is 4.57. The molecule has 0 unspecified atom stereocenters. The maximum absolute atomic E-state index is 12.5. The van der Waals surface area contributed by atoms with Crippen LogP contribution in [-0.2, 0) is 7.05 Å². The Morgan fingerprint density at radius 1 is 1.37 bits per heavy atom. The molecule has 0 saturated carbocycles. The van der Waals surface area contributed by atoms with Gasteiger partial charge in [-0.3, -0.25) is 9.48 Å². The third-order valence-electron chi connectivity index (χ3n) is 3.14. The van der Waals surface area contributed by atoms with Gasteiger partial charge in [0.15, 0.2) is 5.69 Å². The molecule has 1 amide bonds. The first-order valence-corrected chi connectivity index (χ1v) is 6.60. The molecule has 0 aliphatic carbocycles. The molecular weight excluding hydrogens is 240 g/mol. The number of nitrogens with zero attached hydrogens (tertiary/aromatic N) is 3. The van der Waals surface area contributed by atoms with E-state index in [1.54, 1.807) is 9.58 Å². The zero-order valence-corrected chi connectivity index (χ0v) is 11.5. The Labute approximate surface area is 113 Å². The minimum atomic E-state index is -0.0379. The SMILES string of the molecule is CCCN(CCN)C(=O)c1nn(C)c2ccccc12. The molecule has 2 N–H and O–H groups in total. The zero-order chi connectivity index (χ0) is 13.8. The highest BCUT2D eigenvalue weighted by molar-refractivity contribution is 6.04. The number of hydrogen-bond donors (Lipinski definition) is 1. The van der Waals surface area contributed by atoms with Crippen LogP contribution in [0.4, 0.5) is 0 Å². The number of aryl methyl sites for hydroxylation is 1. The van der Waals surface area contributed by atoms with E-state index >= 15 is 0 Å². The second-order valence-corrected chi connectivity index (χ2v) is 4.57. The largest absolute Gasteiger partial charge is 0.336 e. The molecule has 0 radical (unpaired) electrons. The van der Waals surface area contributed by atoms with Crippen LogP contribution in [0.25, 0.3) is 10.9 Å². The van der Waals surface area contributed by atoms with E-state index in [0.717, 1.165) is 17.3 Å². The summed E-state index contributed by atoms with van der Waals surface area (Å²) in [6, 6.07) is 7.77. The molecule has 2 aromatic rings. The second kappa shape index (κ2) is 5.84. The van der Waals surface area contributed by atoms with Crippen molar-refractivity contribution in [2.45, 2.75) is 13.3 Å². The third kappa shape index (κ3) is 2.61. The fraction of sp³-hybridized carbons (Fsp3) is 0.429. The Hall–Kier alpha value is -1.88. The Bertz CT molecular complexity index is 570. The number of hydrogen-bond acceptors (Lipinski definition) is 3. The number of para-hydroxylation sites is 1. The first kappa shape index (κ1) is 13.5. The van der Waals surface area contributed by atoms with E-state index in [9.17, 15) is 4.79 Å². The van der Waals surface area contributed by atoms with Gasteiger partial charge in [0.25, 0.3) is 5.91 Å². The van der Waals surface area contributed by atoms with Crippen molar-refractivity contribution < 1.29 is 4.79 Å². The van der Waals surface area contributed by atoms with Gasteiger partial charge < -0.3 is 10.6 Å². The molecule has 0 aliphatic heterocycles. The lowest BCUT2D eigenvalue weighted by atomic mass is 10.2. The molecule has 0 atom stereocenters. The van der Waals surface area contributed by atoms with Crippen LogP contribution in [0, 0.1) is 0 Å². The molecule has 1 aromatic heterocycles. The van der Waals surface area contributed by atoms with Crippen molar-refractivity contribution in [2.75, 3.05) is 19.6 Å². The zero-order valence-electron chi connectivity index (χ0n) is 11.5. The molecule has 1 heterocycles. The number of carbonyl (C=O) groups is 1. The number of aromatic nitrogens is 2. The van der Waals surface area contributed by atoms with E-state index in [1.807, 2.05) is 38.2 Å². The van der Waals surface area contributed by atoms with Gasteiger partial charge in [0.2, 0.25) is 0 Å². The molecule has 0 spiro atoms. The first-order valence-electron chi connectivity index (χ1n) is 6.60. The predicted octanol–water partition coefficient (Wildman–Crippen LogP) is 1.38. The van der Waals surface area contributed by atoms with Crippen LogP contribution in [0.3, 0.4) is 0 Å². The number of carbonyl (C=O) groups excluding carboxylic acids is 1. The number of amides is 1. The maximum Gasteiger partial charge on any atom is 0.275 e. The summed E-state index contributed by atoms with van der Waals surface area (Å²) in [6.45, 7) is 3.79. The van der Waals surface area contributed by atoms with Gasteiger partial charge in [-0.1, -0.05) is 25.1 Å².